The molecule has 0 saturated heterocycles. The second-order valence-corrected chi connectivity index (χ2v) is 22.8. The summed E-state index contributed by atoms with van der Waals surface area (Å²) in [6.07, 6.45) is 0.583. The van der Waals surface area contributed by atoms with Gasteiger partial charge in [0.05, 0.1) is 5.56 Å². The number of benzene rings is 5. The average molecular weight is 671 g/mol. The first-order valence-corrected chi connectivity index (χ1v) is 20.8. The minimum atomic E-state index is -3.53. The summed E-state index contributed by atoms with van der Waals surface area (Å²) in [7, 11) is -6.57. The molecule has 0 radical (unpaired) electrons. The van der Waals surface area contributed by atoms with Gasteiger partial charge in [0.15, 0.2) is 5.78 Å². The van der Waals surface area contributed by atoms with Gasteiger partial charge in [-0.25, -0.2) is 0 Å². The van der Waals surface area contributed by atoms with Crippen LogP contribution in [0.1, 0.15) is 69.8 Å². The van der Waals surface area contributed by atoms with Crippen LogP contribution in [0.25, 0.3) is 0 Å². The fraction of sp³-hybridized carbons (Fsp3) is 0.262. The van der Waals surface area contributed by atoms with Crippen LogP contribution < -0.4 is 25.2 Å². The predicted octanol–water partition coefficient (Wildman–Crippen LogP) is 7.17. The van der Waals surface area contributed by atoms with Crippen LogP contribution in [0.4, 0.5) is 0 Å². The van der Waals surface area contributed by atoms with Gasteiger partial charge < -0.3 is 14.3 Å². The highest BCUT2D eigenvalue weighted by Gasteiger charge is 2.60. The lowest BCUT2D eigenvalue weighted by Gasteiger charge is -2.47. The van der Waals surface area contributed by atoms with E-state index in [1.807, 2.05) is 85.8 Å². The van der Waals surface area contributed by atoms with Gasteiger partial charge in [-0.2, -0.15) is 0 Å². The van der Waals surface area contributed by atoms with Crippen LogP contribution in [-0.4, -0.2) is 32.3 Å². The first-order chi connectivity index (χ1) is 22.9. The van der Waals surface area contributed by atoms with Crippen LogP contribution in [-0.2, 0) is 0 Å². The molecule has 1 unspecified atom stereocenters. The molecular formula is C42H46O4Si2. The van der Waals surface area contributed by atoms with Gasteiger partial charge in [0, 0.05) is 17.9 Å². The van der Waals surface area contributed by atoms with Crippen molar-refractivity contribution in [2.24, 2.45) is 5.92 Å². The van der Waals surface area contributed by atoms with Crippen molar-refractivity contribution in [3.8, 4) is 11.5 Å². The molecule has 5 aromatic rings. The smallest absolute Gasteiger partial charge is 0.319 e. The van der Waals surface area contributed by atoms with E-state index in [-0.39, 0.29) is 22.5 Å². The molecule has 0 aliphatic heterocycles. The lowest BCUT2D eigenvalue weighted by molar-refractivity contribution is 0.0906. The molecule has 48 heavy (non-hydrogen) atoms. The van der Waals surface area contributed by atoms with E-state index in [9.17, 15) is 14.7 Å². The number of phenols is 1. The first kappa shape index (κ1) is 33.7. The fourth-order valence-corrected chi connectivity index (χ4v) is 16.8. The first-order valence-electron chi connectivity index (χ1n) is 16.9. The van der Waals surface area contributed by atoms with Gasteiger partial charge in [0.1, 0.15) is 11.5 Å². The van der Waals surface area contributed by atoms with Gasteiger partial charge in [-0.1, -0.05) is 163 Å². The molecule has 1 aliphatic rings. The molecule has 6 rings (SSSR count). The van der Waals surface area contributed by atoms with Crippen molar-refractivity contribution in [1.29, 1.82) is 0 Å². The van der Waals surface area contributed by atoms with E-state index < -0.39 is 27.6 Å². The van der Waals surface area contributed by atoms with Gasteiger partial charge in [-0.15, -0.1) is 0 Å². The molecular weight excluding hydrogens is 625 g/mol. The third-order valence-corrected chi connectivity index (χ3v) is 20.1. The quantitative estimate of drug-likeness (QED) is 0.163. The summed E-state index contributed by atoms with van der Waals surface area (Å²) in [5.41, 5.74) is 1.11. The minimum absolute atomic E-state index is 0.0631. The Kier molecular flexibility index (Phi) is 8.88. The number of aromatic hydroxyl groups is 1. The van der Waals surface area contributed by atoms with E-state index in [1.165, 1.54) is 0 Å². The normalized spacial score (nSPS) is 16.9. The van der Waals surface area contributed by atoms with Crippen LogP contribution in [0.15, 0.2) is 133 Å². The molecule has 0 amide bonds. The number of phenolic OH excluding ortho intramolecular Hbond substituents is 1. The van der Waals surface area contributed by atoms with Crippen molar-refractivity contribution in [3.05, 3.63) is 145 Å². The highest BCUT2D eigenvalue weighted by molar-refractivity contribution is 7.00. The topological polar surface area (TPSA) is 66.8 Å². The molecule has 246 valence electrons. The Bertz CT molecular complexity index is 1810. The van der Waals surface area contributed by atoms with E-state index in [1.54, 1.807) is 6.07 Å². The number of hydrogen-bond donors (Lipinski definition) is 2. The van der Waals surface area contributed by atoms with Crippen LogP contribution in [0.3, 0.4) is 0 Å². The Labute approximate surface area is 287 Å². The third kappa shape index (κ3) is 5.27. The number of rotatable bonds is 9. The molecule has 0 fully saturated rings. The second-order valence-electron chi connectivity index (χ2n) is 14.7. The lowest BCUT2D eigenvalue weighted by atomic mass is 9.80. The summed E-state index contributed by atoms with van der Waals surface area (Å²) >= 11 is 0. The van der Waals surface area contributed by atoms with Gasteiger partial charge >= 0.3 is 8.32 Å². The Morgan fingerprint density at radius 2 is 1.08 bits per heavy atom. The summed E-state index contributed by atoms with van der Waals surface area (Å²) in [6.45, 7) is 12.9. The monoisotopic (exact) mass is 670 g/mol. The molecule has 1 aliphatic carbocycles. The molecule has 4 nitrogen and oxygen atoms in total. The second kappa shape index (κ2) is 12.7. The molecule has 0 heterocycles. The summed E-state index contributed by atoms with van der Waals surface area (Å²) < 4.78 is 7.38. The Hall–Kier alpha value is -4.24. The van der Waals surface area contributed by atoms with Gasteiger partial charge in [0.25, 0.3) is 8.32 Å². The number of Topliss-reactive ketones (excluding diaryl/α,β-unsaturated/α-hetero) is 1. The van der Waals surface area contributed by atoms with E-state index in [0.29, 0.717) is 17.7 Å². The number of ketones is 1. The summed E-state index contributed by atoms with van der Waals surface area (Å²) in [5, 5.41) is 14.7. The van der Waals surface area contributed by atoms with Crippen molar-refractivity contribution in [2.45, 2.75) is 64.0 Å². The summed E-state index contributed by atoms with van der Waals surface area (Å²) in [5.74, 6) is -0.369. The molecule has 0 saturated carbocycles. The number of fused-ring (bicyclic) bond motifs is 1. The van der Waals surface area contributed by atoms with Crippen LogP contribution in [0, 0.1) is 5.92 Å². The van der Waals surface area contributed by atoms with Crippen molar-refractivity contribution < 1.29 is 19.1 Å². The number of hydrogen-bond acceptors (Lipinski definition) is 4. The molecule has 2 atom stereocenters. The van der Waals surface area contributed by atoms with E-state index in [0.717, 1.165) is 26.3 Å². The van der Waals surface area contributed by atoms with Crippen LogP contribution in [0.5, 0.6) is 11.5 Å². The summed E-state index contributed by atoms with van der Waals surface area (Å²) in [6, 6.07) is 44.3. The fourth-order valence-electron chi connectivity index (χ4n) is 8.38. The summed E-state index contributed by atoms with van der Waals surface area (Å²) in [4.78, 5) is 27.5. The number of carbonyl (C=O) groups is 1. The Balaban J connectivity index is 1.58. The van der Waals surface area contributed by atoms with Gasteiger partial charge in [0.2, 0.25) is 0 Å². The maximum atomic E-state index is 14.2. The average Bonchev–Trinajstić information content (AvgIpc) is 3.39. The molecule has 0 aromatic heterocycles. The van der Waals surface area contributed by atoms with Crippen molar-refractivity contribution in [1.82, 2.24) is 0 Å². The van der Waals surface area contributed by atoms with Gasteiger partial charge in [-0.3, -0.25) is 4.79 Å². The van der Waals surface area contributed by atoms with Crippen LogP contribution in [0.2, 0.25) is 10.1 Å². The zero-order valence-electron chi connectivity index (χ0n) is 28.8. The van der Waals surface area contributed by atoms with Crippen molar-refractivity contribution in [2.75, 3.05) is 0 Å². The lowest BCUT2D eigenvalue weighted by Crippen LogP contribution is -2.68. The SMILES string of the molecule is CC[C@H]1C(=O)c2c(O)cc(O[Si](c3ccccc3)(c3ccccc3)C(C)(C)C)cc2C1C(C)(C)[Si](O)(c1ccccc1)c1ccccc1. The largest absolute Gasteiger partial charge is 0.534 e. The molecule has 0 bridgehead atoms. The molecule has 5 aromatic carbocycles. The Morgan fingerprint density at radius 1 is 0.667 bits per heavy atom. The van der Waals surface area contributed by atoms with E-state index in [2.05, 4.69) is 83.1 Å². The standard InChI is InChI=1S/C42H46O4Si2/c1-7-35-39(42(5,6)47(45,31-20-12-8-13-21-31)32-22-14-9-15-23-32)36-28-30(29-37(43)38(36)40(35)44)46-48(41(2,3)4,33-24-16-10-17-25-33)34-26-18-11-19-27-34/h8-29,35,39,43,45H,7H2,1-6H3/t35-,39?/m1/s1. The van der Waals surface area contributed by atoms with Crippen molar-refractivity contribution >= 4 is 43.2 Å². The van der Waals surface area contributed by atoms with E-state index in [4.69, 9.17) is 4.43 Å². The maximum absolute atomic E-state index is 14.2. The molecule has 6 heteroatoms. The van der Waals surface area contributed by atoms with Crippen molar-refractivity contribution in [3.63, 3.8) is 0 Å². The van der Waals surface area contributed by atoms with Crippen LogP contribution >= 0.6 is 0 Å². The Morgan fingerprint density at radius 3 is 1.48 bits per heavy atom. The number of carbonyl (C=O) groups excluding carboxylic acids is 1. The van der Waals surface area contributed by atoms with E-state index >= 15 is 0 Å². The maximum Gasteiger partial charge on any atom is 0.319 e. The highest BCUT2D eigenvalue weighted by Crippen LogP contribution is 2.59. The third-order valence-electron chi connectivity index (χ3n) is 10.7. The highest BCUT2D eigenvalue weighted by atomic mass is 28.4. The minimum Gasteiger partial charge on any atom is -0.534 e. The zero-order chi connectivity index (χ0) is 34.3. The van der Waals surface area contributed by atoms with Gasteiger partial charge in [-0.05, 0) is 48.9 Å². The molecule has 0 spiro atoms. The zero-order valence-corrected chi connectivity index (χ0v) is 30.8. The predicted molar refractivity (Wildman–Crippen MR) is 201 cm³/mol. The molecule has 2 N–H and O–H groups in total.